The fraction of sp³-hybridized carbons (Fsp3) is 0.174. The van der Waals surface area contributed by atoms with Crippen LogP contribution in [0.25, 0.3) is 21.7 Å². The van der Waals surface area contributed by atoms with Crippen LogP contribution in [0.1, 0.15) is 41.6 Å². The van der Waals surface area contributed by atoms with Crippen molar-refractivity contribution < 1.29 is 9.21 Å². The molecule has 0 unspecified atom stereocenters. The molecule has 0 aliphatic carbocycles. The normalized spacial score (nSPS) is 12.4. The molecule has 0 aliphatic rings. The van der Waals surface area contributed by atoms with Gasteiger partial charge in [-0.1, -0.05) is 61.5 Å². The molecule has 3 aromatic carbocycles. The van der Waals surface area contributed by atoms with Gasteiger partial charge in [-0.3, -0.25) is 4.79 Å². The summed E-state index contributed by atoms with van der Waals surface area (Å²) >= 11 is 0. The van der Waals surface area contributed by atoms with Gasteiger partial charge in [0.15, 0.2) is 5.76 Å². The van der Waals surface area contributed by atoms with Crippen molar-refractivity contribution >= 4 is 27.6 Å². The van der Waals surface area contributed by atoms with Gasteiger partial charge < -0.3 is 9.73 Å². The number of aryl methyl sites for hydroxylation is 1. The molecule has 1 heterocycles. The molecule has 3 nitrogen and oxygen atoms in total. The van der Waals surface area contributed by atoms with Crippen LogP contribution in [-0.4, -0.2) is 5.91 Å². The zero-order valence-corrected chi connectivity index (χ0v) is 15.0. The highest BCUT2D eigenvalue weighted by atomic mass is 16.3. The quantitative estimate of drug-likeness (QED) is 0.521. The van der Waals surface area contributed by atoms with Crippen LogP contribution in [0, 0.1) is 0 Å². The maximum Gasteiger partial charge on any atom is 0.287 e. The highest BCUT2D eigenvalue weighted by Gasteiger charge is 2.16. The molecule has 0 saturated carbocycles. The molecular formula is C23H21NO2. The predicted octanol–water partition coefficient (Wildman–Crippen LogP) is 5.64. The number of amides is 1. The molecule has 1 amide bonds. The predicted molar refractivity (Wildman–Crippen MR) is 105 cm³/mol. The molecule has 3 heteroatoms. The molecule has 0 spiro atoms. The summed E-state index contributed by atoms with van der Waals surface area (Å²) in [6.45, 7) is 4.11. The van der Waals surface area contributed by atoms with E-state index in [2.05, 4.69) is 42.6 Å². The summed E-state index contributed by atoms with van der Waals surface area (Å²) in [5, 5.41) is 6.22. The SMILES string of the molecule is CCc1ccc([C@@H](C)NC(=O)c2cc3c(ccc4ccccc43)o2)cc1. The highest BCUT2D eigenvalue weighted by molar-refractivity contribution is 6.08. The van der Waals surface area contributed by atoms with Gasteiger partial charge in [-0.2, -0.15) is 0 Å². The first kappa shape index (κ1) is 16.4. The lowest BCUT2D eigenvalue weighted by Crippen LogP contribution is -2.26. The van der Waals surface area contributed by atoms with E-state index in [1.54, 1.807) is 0 Å². The van der Waals surface area contributed by atoms with Crippen LogP contribution in [0.2, 0.25) is 0 Å². The van der Waals surface area contributed by atoms with Crippen LogP contribution in [0.3, 0.4) is 0 Å². The van der Waals surface area contributed by atoms with E-state index in [-0.39, 0.29) is 11.9 Å². The highest BCUT2D eigenvalue weighted by Crippen LogP contribution is 2.28. The summed E-state index contributed by atoms with van der Waals surface area (Å²) in [6, 6.07) is 22.1. The van der Waals surface area contributed by atoms with Crippen LogP contribution in [0.5, 0.6) is 0 Å². The molecule has 0 radical (unpaired) electrons. The first-order chi connectivity index (χ1) is 12.7. The van der Waals surface area contributed by atoms with Crippen LogP contribution in [-0.2, 0) is 6.42 Å². The van der Waals surface area contributed by atoms with Crippen LogP contribution >= 0.6 is 0 Å². The number of rotatable bonds is 4. The van der Waals surface area contributed by atoms with Crippen molar-refractivity contribution in [2.75, 3.05) is 0 Å². The van der Waals surface area contributed by atoms with E-state index in [1.807, 2.05) is 43.3 Å². The lowest BCUT2D eigenvalue weighted by atomic mass is 10.0. The number of carbonyl (C=O) groups is 1. The van der Waals surface area contributed by atoms with E-state index < -0.39 is 0 Å². The number of hydrogen-bond donors (Lipinski definition) is 1. The Hall–Kier alpha value is -3.07. The van der Waals surface area contributed by atoms with Crippen molar-refractivity contribution in [2.45, 2.75) is 26.3 Å². The van der Waals surface area contributed by atoms with E-state index in [4.69, 9.17) is 4.42 Å². The van der Waals surface area contributed by atoms with Crippen molar-refractivity contribution in [2.24, 2.45) is 0 Å². The summed E-state index contributed by atoms with van der Waals surface area (Å²) in [5.41, 5.74) is 3.10. The molecule has 4 rings (SSSR count). The third-order valence-corrected chi connectivity index (χ3v) is 4.89. The average molecular weight is 343 g/mol. The molecule has 130 valence electrons. The minimum absolute atomic E-state index is 0.0848. The van der Waals surface area contributed by atoms with Gasteiger partial charge in [-0.25, -0.2) is 0 Å². The van der Waals surface area contributed by atoms with Crippen LogP contribution in [0.15, 0.2) is 71.1 Å². The molecule has 0 saturated heterocycles. The first-order valence-electron chi connectivity index (χ1n) is 8.96. The van der Waals surface area contributed by atoms with E-state index in [1.165, 1.54) is 5.56 Å². The lowest BCUT2D eigenvalue weighted by molar-refractivity contribution is 0.0914. The molecular weight excluding hydrogens is 322 g/mol. The minimum Gasteiger partial charge on any atom is -0.451 e. The Morgan fingerprint density at radius 2 is 1.77 bits per heavy atom. The molecule has 0 fully saturated rings. The molecule has 26 heavy (non-hydrogen) atoms. The van der Waals surface area contributed by atoms with Crippen molar-refractivity contribution in [3.63, 3.8) is 0 Å². The Morgan fingerprint density at radius 3 is 2.54 bits per heavy atom. The van der Waals surface area contributed by atoms with Gasteiger partial charge in [-0.15, -0.1) is 0 Å². The number of fused-ring (bicyclic) bond motifs is 3. The number of nitrogens with one attached hydrogen (secondary N) is 1. The Balaban J connectivity index is 1.60. The molecule has 1 atom stereocenters. The van der Waals surface area contributed by atoms with Gasteiger partial charge in [0.2, 0.25) is 0 Å². The summed E-state index contributed by atoms with van der Waals surface area (Å²) < 4.78 is 5.80. The number of hydrogen-bond acceptors (Lipinski definition) is 2. The largest absolute Gasteiger partial charge is 0.451 e. The number of benzene rings is 3. The molecule has 4 aromatic rings. The summed E-state index contributed by atoms with van der Waals surface area (Å²) in [7, 11) is 0. The average Bonchev–Trinajstić information content (AvgIpc) is 3.13. The number of carbonyl (C=O) groups excluding carboxylic acids is 1. The lowest BCUT2D eigenvalue weighted by Gasteiger charge is -2.13. The zero-order valence-electron chi connectivity index (χ0n) is 15.0. The van der Waals surface area contributed by atoms with Gasteiger partial charge >= 0.3 is 0 Å². The zero-order chi connectivity index (χ0) is 18.1. The van der Waals surface area contributed by atoms with Crippen molar-refractivity contribution in [3.8, 4) is 0 Å². The van der Waals surface area contributed by atoms with E-state index in [0.29, 0.717) is 5.76 Å². The minimum atomic E-state index is -0.197. The second-order valence-corrected chi connectivity index (χ2v) is 6.60. The maximum absolute atomic E-state index is 12.7. The molecule has 0 aliphatic heterocycles. The fourth-order valence-corrected chi connectivity index (χ4v) is 3.30. The second-order valence-electron chi connectivity index (χ2n) is 6.60. The van der Waals surface area contributed by atoms with Gasteiger partial charge in [0.1, 0.15) is 5.58 Å². The Bertz CT molecular complexity index is 1080. The Morgan fingerprint density at radius 1 is 1.00 bits per heavy atom. The van der Waals surface area contributed by atoms with Gasteiger partial charge in [-0.05, 0) is 47.4 Å². The van der Waals surface area contributed by atoms with Gasteiger partial charge in [0, 0.05) is 5.39 Å². The Kier molecular flexibility index (Phi) is 4.21. The van der Waals surface area contributed by atoms with Crippen LogP contribution in [0.4, 0.5) is 0 Å². The third kappa shape index (κ3) is 2.97. The van der Waals surface area contributed by atoms with Crippen LogP contribution < -0.4 is 5.32 Å². The van der Waals surface area contributed by atoms with E-state index in [0.717, 1.165) is 33.7 Å². The van der Waals surface area contributed by atoms with Crippen molar-refractivity contribution in [1.82, 2.24) is 5.32 Å². The fourth-order valence-electron chi connectivity index (χ4n) is 3.30. The topological polar surface area (TPSA) is 42.2 Å². The second kappa shape index (κ2) is 6.68. The maximum atomic E-state index is 12.7. The van der Waals surface area contributed by atoms with Crippen molar-refractivity contribution in [1.29, 1.82) is 0 Å². The molecule has 1 aromatic heterocycles. The van der Waals surface area contributed by atoms with E-state index >= 15 is 0 Å². The van der Waals surface area contributed by atoms with Gasteiger partial charge in [0.05, 0.1) is 6.04 Å². The smallest absolute Gasteiger partial charge is 0.287 e. The first-order valence-corrected chi connectivity index (χ1v) is 8.96. The Labute approximate surface area is 152 Å². The molecule has 1 N–H and O–H groups in total. The van der Waals surface area contributed by atoms with E-state index in [9.17, 15) is 4.79 Å². The van der Waals surface area contributed by atoms with Crippen molar-refractivity contribution in [3.05, 3.63) is 83.6 Å². The van der Waals surface area contributed by atoms with Gasteiger partial charge in [0.25, 0.3) is 5.91 Å². The number of furan rings is 1. The molecule has 0 bridgehead atoms. The summed E-state index contributed by atoms with van der Waals surface area (Å²) in [6.07, 6.45) is 1.01. The monoisotopic (exact) mass is 343 g/mol. The third-order valence-electron chi connectivity index (χ3n) is 4.89. The summed E-state index contributed by atoms with van der Waals surface area (Å²) in [5.74, 6) is 0.144. The standard InChI is InChI=1S/C23H21NO2/c1-3-16-8-10-17(11-9-16)15(2)24-23(25)22-14-20-19-7-5-4-6-18(19)12-13-21(20)26-22/h4-15H,3H2,1-2H3,(H,24,25)/t15-/m1/s1. The summed E-state index contributed by atoms with van der Waals surface area (Å²) in [4.78, 5) is 12.7.